The van der Waals surface area contributed by atoms with Crippen molar-refractivity contribution in [2.24, 2.45) is 0 Å². The molecule has 2 aromatic carbocycles. The number of hydrogen-bond acceptors (Lipinski definition) is 2. The number of hydrogen-bond donors (Lipinski definition) is 1. The number of furan rings is 1. The van der Waals surface area contributed by atoms with Crippen LogP contribution < -0.4 is 5.32 Å². The summed E-state index contributed by atoms with van der Waals surface area (Å²) in [6, 6.07) is 15.6. The van der Waals surface area contributed by atoms with Crippen molar-refractivity contribution >= 4 is 52.5 Å². The van der Waals surface area contributed by atoms with Crippen LogP contribution in [0.2, 0.25) is 15.1 Å². The summed E-state index contributed by atoms with van der Waals surface area (Å²) >= 11 is 17.9. The molecule has 3 nitrogen and oxygen atoms in total. The molecule has 1 amide bonds. The molecule has 0 unspecified atom stereocenters. The maximum atomic E-state index is 11.9. The second-order valence-corrected chi connectivity index (χ2v) is 6.50. The number of carbonyl (C=O) groups excluding carboxylic acids is 1. The highest BCUT2D eigenvalue weighted by Gasteiger charge is 2.06. The summed E-state index contributed by atoms with van der Waals surface area (Å²) in [5.74, 6) is 0.859. The molecule has 0 radical (unpaired) electrons. The van der Waals surface area contributed by atoms with Gasteiger partial charge in [0.15, 0.2) is 0 Å². The molecule has 25 heavy (non-hydrogen) atoms. The molecule has 0 bridgehead atoms. The SMILES string of the molecule is O=C(/C=C/c1ccc(-c2cc(Cl)cc(Cl)c2)o1)Nc1cccc(Cl)c1. The fraction of sp³-hybridized carbons (Fsp3) is 0. The molecule has 0 atom stereocenters. The maximum absolute atomic E-state index is 11.9. The van der Waals surface area contributed by atoms with Crippen molar-refractivity contribution in [3.8, 4) is 11.3 Å². The highest BCUT2D eigenvalue weighted by atomic mass is 35.5. The Balaban J connectivity index is 1.70. The molecule has 0 spiro atoms. The number of rotatable bonds is 4. The molecule has 3 rings (SSSR count). The van der Waals surface area contributed by atoms with Gasteiger partial charge in [0.25, 0.3) is 0 Å². The lowest BCUT2D eigenvalue weighted by Crippen LogP contribution is -2.07. The highest BCUT2D eigenvalue weighted by molar-refractivity contribution is 6.35. The average molecular weight is 393 g/mol. The minimum Gasteiger partial charge on any atom is -0.457 e. The van der Waals surface area contributed by atoms with Gasteiger partial charge < -0.3 is 9.73 Å². The third kappa shape index (κ3) is 4.89. The van der Waals surface area contributed by atoms with E-state index in [4.69, 9.17) is 39.2 Å². The second-order valence-electron chi connectivity index (χ2n) is 5.19. The molecule has 0 saturated carbocycles. The van der Waals surface area contributed by atoms with Gasteiger partial charge in [-0.1, -0.05) is 40.9 Å². The number of benzene rings is 2. The Morgan fingerprint density at radius 2 is 1.68 bits per heavy atom. The van der Waals surface area contributed by atoms with Crippen LogP contribution in [0.1, 0.15) is 5.76 Å². The summed E-state index contributed by atoms with van der Waals surface area (Å²) in [7, 11) is 0. The van der Waals surface area contributed by atoms with E-state index in [0.29, 0.717) is 32.3 Å². The minimum absolute atomic E-state index is 0.286. The van der Waals surface area contributed by atoms with E-state index >= 15 is 0 Å². The molecular formula is C19H12Cl3NO2. The first kappa shape index (κ1) is 17.6. The molecule has 1 N–H and O–H groups in total. The molecule has 126 valence electrons. The van der Waals surface area contributed by atoms with E-state index in [0.717, 1.165) is 5.56 Å². The van der Waals surface area contributed by atoms with E-state index in [-0.39, 0.29) is 5.91 Å². The molecule has 3 aromatic rings. The van der Waals surface area contributed by atoms with Crippen molar-refractivity contribution in [1.29, 1.82) is 0 Å². The lowest BCUT2D eigenvalue weighted by atomic mass is 10.2. The summed E-state index contributed by atoms with van der Waals surface area (Å²) in [6.07, 6.45) is 2.96. The lowest BCUT2D eigenvalue weighted by Gasteiger charge is -2.01. The average Bonchev–Trinajstić information content (AvgIpc) is 3.01. The normalized spacial score (nSPS) is 11.0. The summed E-state index contributed by atoms with van der Waals surface area (Å²) < 4.78 is 5.69. The standard InChI is InChI=1S/C19H12Cl3NO2/c20-13-2-1-3-16(11-13)23-19(24)7-5-17-4-6-18(25-17)12-8-14(21)10-15(22)9-12/h1-11H,(H,23,24)/b7-5+. The summed E-state index contributed by atoms with van der Waals surface area (Å²) in [5.41, 5.74) is 1.39. The van der Waals surface area contributed by atoms with Gasteiger partial charge in [0, 0.05) is 32.4 Å². The van der Waals surface area contributed by atoms with Gasteiger partial charge in [-0.15, -0.1) is 0 Å². The molecule has 1 heterocycles. The van der Waals surface area contributed by atoms with Crippen molar-refractivity contribution in [2.75, 3.05) is 5.32 Å². The molecule has 0 aliphatic carbocycles. The van der Waals surface area contributed by atoms with E-state index in [2.05, 4.69) is 5.32 Å². The summed E-state index contributed by atoms with van der Waals surface area (Å²) in [5, 5.41) is 4.32. The maximum Gasteiger partial charge on any atom is 0.248 e. The van der Waals surface area contributed by atoms with Crippen LogP contribution in [0.25, 0.3) is 17.4 Å². The monoisotopic (exact) mass is 391 g/mol. The Morgan fingerprint density at radius 1 is 0.920 bits per heavy atom. The number of halogens is 3. The van der Waals surface area contributed by atoms with E-state index in [1.807, 2.05) is 0 Å². The molecule has 0 aliphatic rings. The predicted octanol–water partition coefficient (Wildman–Crippen LogP) is 6.56. The van der Waals surface area contributed by atoms with Gasteiger partial charge in [0.2, 0.25) is 5.91 Å². The van der Waals surface area contributed by atoms with Crippen LogP contribution in [0, 0.1) is 0 Å². The van der Waals surface area contributed by atoms with Gasteiger partial charge in [0.05, 0.1) is 0 Å². The smallest absolute Gasteiger partial charge is 0.248 e. The molecule has 0 saturated heterocycles. The van der Waals surface area contributed by atoms with Crippen molar-refractivity contribution in [3.63, 3.8) is 0 Å². The first-order valence-electron chi connectivity index (χ1n) is 7.30. The minimum atomic E-state index is -0.286. The lowest BCUT2D eigenvalue weighted by molar-refractivity contribution is -0.111. The summed E-state index contributed by atoms with van der Waals surface area (Å²) in [4.78, 5) is 11.9. The van der Waals surface area contributed by atoms with Gasteiger partial charge in [-0.3, -0.25) is 4.79 Å². The number of amides is 1. The Kier molecular flexibility index (Phi) is 5.49. The number of carbonyl (C=O) groups is 1. The fourth-order valence-corrected chi connectivity index (χ4v) is 2.92. The predicted molar refractivity (Wildman–Crippen MR) is 103 cm³/mol. The van der Waals surface area contributed by atoms with Gasteiger partial charge in [-0.05, 0) is 54.6 Å². The van der Waals surface area contributed by atoms with E-state index in [1.54, 1.807) is 60.7 Å². The Hall–Kier alpha value is -2.20. The fourth-order valence-electron chi connectivity index (χ4n) is 2.20. The first-order chi connectivity index (χ1) is 12.0. The van der Waals surface area contributed by atoms with Gasteiger partial charge in [0.1, 0.15) is 11.5 Å². The topological polar surface area (TPSA) is 42.2 Å². The first-order valence-corrected chi connectivity index (χ1v) is 8.44. The largest absolute Gasteiger partial charge is 0.457 e. The Morgan fingerprint density at radius 3 is 2.40 bits per heavy atom. The van der Waals surface area contributed by atoms with Crippen LogP contribution in [0.15, 0.2) is 65.1 Å². The van der Waals surface area contributed by atoms with Crippen molar-refractivity contribution < 1.29 is 9.21 Å². The number of anilines is 1. The van der Waals surface area contributed by atoms with Crippen LogP contribution in [0.4, 0.5) is 5.69 Å². The molecule has 0 aliphatic heterocycles. The zero-order valence-corrected chi connectivity index (χ0v) is 15.1. The van der Waals surface area contributed by atoms with E-state index < -0.39 is 0 Å². The third-order valence-corrected chi connectivity index (χ3v) is 3.94. The number of nitrogens with one attached hydrogen (secondary N) is 1. The van der Waals surface area contributed by atoms with Gasteiger partial charge in [-0.2, -0.15) is 0 Å². The zero-order valence-electron chi connectivity index (χ0n) is 12.8. The van der Waals surface area contributed by atoms with Crippen LogP contribution in [0.3, 0.4) is 0 Å². The molecule has 6 heteroatoms. The van der Waals surface area contributed by atoms with Gasteiger partial charge >= 0.3 is 0 Å². The molecular weight excluding hydrogens is 381 g/mol. The Labute approximate surface area is 159 Å². The van der Waals surface area contributed by atoms with Crippen LogP contribution >= 0.6 is 34.8 Å². The van der Waals surface area contributed by atoms with E-state index in [1.165, 1.54) is 6.08 Å². The Bertz CT molecular complexity index is 927. The third-order valence-electron chi connectivity index (χ3n) is 3.26. The highest BCUT2D eigenvalue weighted by Crippen LogP contribution is 2.28. The van der Waals surface area contributed by atoms with Crippen molar-refractivity contribution in [2.45, 2.75) is 0 Å². The van der Waals surface area contributed by atoms with Crippen molar-refractivity contribution in [1.82, 2.24) is 0 Å². The quantitative estimate of drug-likeness (QED) is 0.511. The van der Waals surface area contributed by atoms with Crippen LogP contribution in [0.5, 0.6) is 0 Å². The second kappa shape index (κ2) is 7.79. The van der Waals surface area contributed by atoms with Crippen molar-refractivity contribution in [3.05, 3.63) is 81.5 Å². The van der Waals surface area contributed by atoms with E-state index in [9.17, 15) is 4.79 Å². The molecule has 1 aromatic heterocycles. The zero-order chi connectivity index (χ0) is 17.8. The van der Waals surface area contributed by atoms with Crippen LogP contribution in [-0.4, -0.2) is 5.91 Å². The summed E-state index contributed by atoms with van der Waals surface area (Å²) in [6.45, 7) is 0. The molecule has 0 fully saturated rings. The van der Waals surface area contributed by atoms with Gasteiger partial charge in [-0.25, -0.2) is 0 Å². The van der Waals surface area contributed by atoms with Crippen LogP contribution in [-0.2, 0) is 4.79 Å².